The summed E-state index contributed by atoms with van der Waals surface area (Å²) in [6.07, 6.45) is 5.28. The van der Waals surface area contributed by atoms with E-state index in [2.05, 4.69) is 30.3 Å². The van der Waals surface area contributed by atoms with Crippen molar-refractivity contribution in [3.8, 4) is 5.75 Å². The second-order valence-electron chi connectivity index (χ2n) is 7.18. The third kappa shape index (κ3) is 3.41. The Morgan fingerprint density at radius 2 is 1.68 bits per heavy atom. The summed E-state index contributed by atoms with van der Waals surface area (Å²) in [6, 6.07) is 14.7. The Kier molecular flexibility index (Phi) is 4.48. The van der Waals surface area contributed by atoms with Crippen molar-refractivity contribution >= 4 is 5.91 Å². The number of fused-ring (bicyclic) bond motifs is 2. The summed E-state index contributed by atoms with van der Waals surface area (Å²) in [6.45, 7) is 3.32. The first-order valence-electron chi connectivity index (χ1n) is 9.35. The van der Waals surface area contributed by atoms with E-state index in [1.54, 1.807) is 0 Å². The minimum Gasteiger partial charge on any atom is -0.481 e. The number of amides is 1. The normalized spacial score (nSPS) is 17.4. The average molecular weight is 335 g/mol. The Morgan fingerprint density at radius 3 is 2.52 bits per heavy atom. The molecule has 0 spiro atoms. The highest BCUT2D eigenvalue weighted by atomic mass is 16.5. The van der Waals surface area contributed by atoms with Crippen LogP contribution in [0.3, 0.4) is 0 Å². The standard InChI is InChI=1S/C22H25NO2/c1-16(25-21-11-10-17-6-2-4-8-19(17)14-21)22(24)23-13-12-18-7-3-5-9-20(18)15-23/h3,5,7,9-11,14,16H,2,4,6,8,12-13,15H2,1H3/t16-/m0/s1. The second-order valence-corrected chi connectivity index (χ2v) is 7.18. The molecular formula is C22H25NO2. The summed E-state index contributed by atoms with van der Waals surface area (Å²) >= 11 is 0. The van der Waals surface area contributed by atoms with Gasteiger partial charge in [-0.15, -0.1) is 0 Å². The van der Waals surface area contributed by atoms with Gasteiger partial charge in [0.1, 0.15) is 5.75 Å². The molecule has 0 saturated heterocycles. The maximum atomic E-state index is 12.8. The van der Waals surface area contributed by atoms with Crippen LogP contribution in [-0.2, 0) is 30.6 Å². The molecule has 1 aliphatic heterocycles. The number of benzene rings is 2. The Morgan fingerprint density at radius 1 is 0.960 bits per heavy atom. The number of hydrogen-bond acceptors (Lipinski definition) is 2. The highest BCUT2D eigenvalue weighted by Crippen LogP contribution is 2.26. The zero-order valence-corrected chi connectivity index (χ0v) is 14.8. The van der Waals surface area contributed by atoms with Crippen molar-refractivity contribution in [2.45, 2.75) is 51.7 Å². The first-order chi connectivity index (χ1) is 12.2. The van der Waals surface area contributed by atoms with Gasteiger partial charge in [0.05, 0.1) is 0 Å². The van der Waals surface area contributed by atoms with Crippen molar-refractivity contribution in [3.05, 3.63) is 64.7 Å². The van der Waals surface area contributed by atoms with Gasteiger partial charge >= 0.3 is 0 Å². The van der Waals surface area contributed by atoms with Gasteiger partial charge in [0, 0.05) is 13.1 Å². The van der Waals surface area contributed by atoms with Crippen molar-refractivity contribution in [1.82, 2.24) is 4.90 Å². The molecule has 130 valence electrons. The van der Waals surface area contributed by atoms with Gasteiger partial charge in [0.25, 0.3) is 5.91 Å². The van der Waals surface area contributed by atoms with E-state index in [-0.39, 0.29) is 5.91 Å². The number of ether oxygens (including phenoxy) is 1. The zero-order valence-electron chi connectivity index (χ0n) is 14.8. The molecule has 0 unspecified atom stereocenters. The van der Waals surface area contributed by atoms with Crippen molar-refractivity contribution in [3.63, 3.8) is 0 Å². The number of aryl methyl sites for hydroxylation is 2. The van der Waals surface area contributed by atoms with Crippen molar-refractivity contribution < 1.29 is 9.53 Å². The van der Waals surface area contributed by atoms with E-state index in [4.69, 9.17) is 4.74 Å². The SMILES string of the molecule is C[C@H](Oc1ccc2c(c1)CCCC2)C(=O)N1CCc2ccccc2C1. The van der Waals surface area contributed by atoms with E-state index in [9.17, 15) is 4.79 Å². The molecule has 2 aromatic rings. The lowest BCUT2D eigenvalue weighted by atomic mass is 9.92. The lowest BCUT2D eigenvalue weighted by molar-refractivity contribution is -0.138. The predicted molar refractivity (Wildman–Crippen MR) is 98.7 cm³/mol. The summed E-state index contributed by atoms with van der Waals surface area (Å²) in [5.41, 5.74) is 5.43. The molecule has 0 bridgehead atoms. The quantitative estimate of drug-likeness (QED) is 0.851. The molecule has 1 atom stereocenters. The van der Waals surface area contributed by atoms with Crippen molar-refractivity contribution in [2.24, 2.45) is 0 Å². The Bertz CT molecular complexity index is 783. The summed E-state index contributed by atoms with van der Waals surface area (Å²) in [4.78, 5) is 14.7. The molecule has 3 heteroatoms. The van der Waals surface area contributed by atoms with Crippen LogP contribution in [0.2, 0.25) is 0 Å². The van der Waals surface area contributed by atoms with Gasteiger partial charge in [-0.1, -0.05) is 30.3 Å². The predicted octanol–water partition coefficient (Wildman–Crippen LogP) is 3.92. The summed E-state index contributed by atoms with van der Waals surface area (Å²) < 4.78 is 5.99. The number of nitrogens with zero attached hydrogens (tertiary/aromatic N) is 1. The molecule has 1 heterocycles. The number of carbonyl (C=O) groups excluding carboxylic acids is 1. The van der Waals surface area contributed by atoms with Crippen LogP contribution in [0.1, 0.15) is 42.0 Å². The molecule has 3 nitrogen and oxygen atoms in total. The van der Waals surface area contributed by atoms with Crippen LogP contribution in [-0.4, -0.2) is 23.5 Å². The molecular weight excluding hydrogens is 310 g/mol. The molecule has 0 radical (unpaired) electrons. The fourth-order valence-corrected chi connectivity index (χ4v) is 3.98. The van der Waals surface area contributed by atoms with Gasteiger partial charge in [0.2, 0.25) is 0 Å². The first-order valence-corrected chi connectivity index (χ1v) is 9.35. The average Bonchev–Trinajstić information content (AvgIpc) is 2.67. The van der Waals surface area contributed by atoms with E-state index in [1.807, 2.05) is 24.0 Å². The molecule has 0 saturated carbocycles. The molecule has 4 rings (SSSR count). The monoisotopic (exact) mass is 335 g/mol. The van der Waals surface area contributed by atoms with E-state index >= 15 is 0 Å². The molecule has 0 aromatic heterocycles. The summed E-state index contributed by atoms with van der Waals surface area (Å²) in [5.74, 6) is 0.895. The first kappa shape index (κ1) is 16.2. The molecule has 1 aliphatic carbocycles. The van der Waals surface area contributed by atoms with Crippen LogP contribution in [0.4, 0.5) is 0 Å². The van der Waals surface area contributed by atoms with Gasteiger partial charge in [-0.25, -0.2) is 0 Å². The number of hydrogen-bond donors (Lipinski definition) is 0. The third-order valence-corrected chi connectivity index (χ3v) is 5.42. The van der Waals surface area contributed by atoms with Crippen LogP contribution in [0.5, 0.6) is 5.75 Å². The minimum absolute atomic E-state index is 0.0761. The highest BCUT2D eigenvalue weighted by molar-refractivity contribution is 5.81. The van der Waals surface area contributed by atoms with Crippen molar-refractivity contribution in [1.29, 1.82) is 0 Å². The van der Waals surface area contributed by atoms with E-state index in [1.165, 1.54) is 35.1 Å². The van der Waals surface area contributed by atoms with Gasteiger partial charge in [-0.2, -0.15) is 0 Å². The summed E-state index contributed by atoms with van der Waals surface area (Å²) in [5, 5.41) is 0. The van der Waals surface area contributed by atoms with Gasteiger partial charge in [0.15, 0.2) is 6.10 Å². The zero-order chi connectivity index (χ0) is 17.2. The molecule has 25 heavy (non-hydrogen) atoms. The van der Waals surface area contributed by atoms with Gasteiger partial charge < -0.3 is 9.64 Å². The largest absolute Gasteiger partial charge is 0.481 e. The Balaban J connectivity index is 1.43. The fraction of sp³-hybridized carbons (Fsp3) is 0.409. The molecule has 2 aromatic carbocycles. The second kappa shape index (κ2) is 6.91. The van der Waals surface area contributed by atoms with Crippen LogP contribution in [0.25, 0.3) is 0 Å². The van der Waals surface area contributed by atoms with Crippen molar-refractivity contribution in [2.75, 3.05) is 6.54 Å². The minimum atomic E-state index is -0.452. The third-order valence-electron chi connectivity index (χ3n) is 5.42. The van der Waals surface area contributed by atoms with Crippen LogP contribution in [0, 0.1) is 0 Å². The van der Waals surface area contributed by atoms with Gasteiger partial charge in [-0.05, 0) is 73.4 Å². The summed E-state index contributed by atoms with van der Waals surface area (Å²) in [7, 11) is 0. The lowest BCUT2D eigenvalue weighted by Gasteiger charge is -2.31. The Labute approximate surface area is 149 Å². The highest BCUT2D eigenvalue weighted by Gasteiger charge is 2.26. The van der Waals surface area contributed by atoms with E-state index in [0.29, 0.717) is 6.54 Å². The molecule has 1 amide bonds. The Hall–Kier alpha value is -2.29. The molecule has 0 N–H and O–H groups in total. The number of rotatable bonds is 3. The molecule has 2 aliphatic rings. The topological polar surface area (TPSA) is 29.5 Å². The fourth-order valence-electron chi connectivity index (χ4n) is 3.98. The molecule has 0 fully saturated rings. The van der Waals surface area contributed by atoms with Crippen LogP contribution < -0.4 is 4.74 Å². The van der Waals surface area contributed by atoms with Crippen LogP contribution >= 0.6 is 0 Å². The van der Waals surface area contributed by atoms with Crippen LogP contribution in [0.15, 0.2) is 42.5 Å². The number of carbonyl (C=O) groups is 1. The van der Waals surface area contributed by atoms with E-state index in [0.717, 1.165) is 31.6 Å². The van der Waals surface area contributed by atoms with E-state index < -0.39 is 6.10 Å². The maximum Gasteiger partial charge on any atom is 0.263 e. The van der Waals surface area contributed by atoms with Gasteiger partial charge in [-0.3, -0.25) is 4.79 Å². The lowest BCUT2D eigenvalue weighted by Crippen LogP contribution is -2.43. The maximum absolute atomic E-state index is 12.8. The smallest absolute Gasteiger partial charge is 0.263 e.